The van der Waals surface area contributed by atoms with Crippen molar-refractivity contribution in [1.29, 1.82) is 0 Å². The molecule has 1 saturated heterocycles. The Morgan fingerprint density at radius 2 is 2.03 bits per heavy atom. The molecule has 0 amide bonds. The molecule has 0 spiro atoms. The number of rotatable bonds is 5. The van der Waals surface area contributed by atoms with Crippen LogP contribution in [0.4, 0.5) is 17.6 Å². The number of fused-ring (bicyclic) bond motifs is 1. The minimum absolute atomic E-state index is 0.0438. The van der Waals surface area contributed by atoms with E-state index in [1.165, 1.54) is 23.0 Å². The van der Waals surface area contributed by atoms with E-state index in [4.69, 9.17) is 0 Å². The predicted molar refractivity (Wildman–Crippen MR) is 99.4 cm³/mol. The van der Waals surface area contributed by atoms with Crippen LogP contribution in [0, 0.1) is 17.6 Å². The molecule has 29 heavy (non-hydrogen) atoms. The van der Waals surface area contributed by atoms with E-state index in [0.717, 1.165) is 12.1 Å². The number of nitrogens with one attached hydrogen (secondary N) is 2. The SMILES string of the molecule is OC(NC1CCNCC1F)c1cn(Cc2ccnc(F)c2)c2c(F)ccc(F)c12. The quantitative estimate of drug-likeness (QED) is 0.345. The molecule has 2 aromatic heterocycles. The van der Waals surface area contributed by atoms with Gasteiger partial charge in [-0.1, -0.05) is 0 Å². The van der Waals surface area contributed by atoms with Crippen molar-refractivity contribution in [3.63, 3.8) is 0 Å². The Morgan fingerprint density at radius 3 is 2.79 bits per heavy atom. The summed E-state index contributed by atoms with van der Waals surface area (Å²) in [6.07, 6.45) is 0.521. The number of nitrogens with zero attached hydrogens (tertiary/aromatic N) is 2. The van der Waals surface area contributed by atoms with Crippen LogP contribution < -0.4 is 10.6 Å². The zero-order valence-corrected chi connectivity index (χ0v) is 15.4. The van der Waals surface area contributed by atoms with Gasteiger partial charge < -0.3 is 15.0 Å². The van der Waals surface area contributed by atoms with Gasteiger partial charge in [-0.15, -0.1) is 0 Å². The van der Waals surface area contributed by atoms with Crippen LogP contribution in [0.3, 0.4) is 0 Å². The summed E-state index contributed by atoms with van der Waals surface area (Å²) in [6.45, 7) is 0.786. The second-order valence-electron chi connectivity index (χ2n) is 7.14. The molecule has 0 aliphatic carbocycles. The van der Waals surface area contributed by atoms with Gasteiger partial charge in [0, 0.05) is 42.5 Å². The second kappa shape index (κ2) is 8.10. The van der Waals surface area contributed by atoms with Crippen molar-refractivity contribution in [3.05, 3.63) is 65.4 Å². The molecule has 5 nitrogen and oxygen atoms in total. The Hall–Kier alpha value is -2.49. The number of aromatic nitrogens is 2. The van der Waals surface area contributed by atoms with Crippen molar-refractivity contribution in [2.75, 3.05) is 13.1 Å². The lowest BCUT2D eigenvalue weighted by Crippen LogP contribution is -2.50. The van der Waals surface area contributed by atoms with Crippen molar-refractivity contribution in [2.24, 2.45) is 0 Å². The van der Waals surface area contributed by atoms with E-state index in [2.05, 4.69) is 15.6 Å². The highest BCUT2D eigenvalue weighted by Crippen LogP contribution is 2.31. The third kappa shape index (κ3) is 3.98. The predicted octanol–water partition coefficient (Wildman–Crippen LogP) is 2.78. The fourth-order valence-corrected chi connectivity index (χ4v) is 3.76. The highest BCUT2D eigenvalue weighted by atomic mass is 19.1. The van der Waals surface area contributed by atoms with Crippen LogP contribution >= 0.6 is 0 Å². The van der Waals surface area contributed by atoms with Gasteiger partial charge in [0.25, 0.3) is 0 Å². The van der Waals surface area contributed by atoms with E-state index >= 15 is 0 Å². The summed E-state index contributed by atoms with van der Waals surface area (Å²) in [5.41, 5.74) is 0.534. The Kier molecular flexibility index (Phi) is 5.53. The van der Waals surface area contributed by atoms with Crippen molar-refractivity contribution in [3.8, 4) is 0 Å². The maximum absolute atomic E-state index is 14.6. The number of halogens is 4. The lowest BCUT2D eigenvalue weighted by Gasteiger charge is -2.29. The van der Waals surface area contributed by atoms with Crippen LogP contribution in [0.1, 0.15) is 23.8 Å². The smallest absolute Gasteiger partial charge is 0.213 e. The molecule has 3 heterocycles. The van der Waals surface area contributed by atoms with Gasteiger partial charge in [-0.2, -0.15) is 4.39 Å². The van der Waals surface area contributed by atoms with Gasteiger partial charge in [-0.05, 0) is 42.8 Å². The largest absolute Gasteiger partial charge is 0.374 e. The molecule has 154 valence electrons. The van der Waals surface area contributed by atoms with E-state index in [-0.39, 0.29) is 29.6 Å². The molecular formula is C20H20F4N4O. The van der Waals surface area contributed by atoms with Crippen molar-refractivity contribution in [2.45, 2.75) is 31.4 Å². The topological polar surface area (TPSA) is 62.1 Å². The van der Waals surface area contributed by atoms with Crippen molar-refractivity contribution >= 4 is 10.9 Å². The van der Waals surface area contributed by atoms with Gasteiger partial charge in [0.05, 0.1) is 5.52 Å². The van der Waals surface area contributed by atoms with E-state index in [0.29, 0.717) is 18.5 Å². The summed E-state index contributed by atoms with van der Waals surface area (Å²) in [6, 6.07) is 4.11. The molecule has 3 atom stereocenters. The highest BCUT2D eigenvalue weighted by molar-refractivity contribution is 5.85. The zero-order valence-electron chi connectivity index (χ0n) is 15.4. The first kappa shape index (κ1) is 19.8. The normalized spacial score (nSPS) is 20.9. The summed E-state index contributed by atoms with van der Waals surface area (Å²) >= 11 is 0. The molecule has 3 N–H and O–H groups in total. The molecule has 0 saturated carbocycles. The van der Waals surface area contributed by atoms with Gasteiger partial charge in [0.2, 0.25) is 5.95 Å². The molecule has 1 aliphatic rings. The standard InChI is InChI=1S/C20H20F4N4O/c21-13-1-2-14(22)19-18(13)12(20(29)27-16-4-5-25-8-15(16)23)10-28(19)9-11-3-6-26-17(24)7-11/h1-3,6-7,10,15-16,20,25,27,29H,4-5,8-9H2. The van der Waals surface area contributed by atoms with Gasteiger partial charge in [-0.3, -0.25) is 5.32 Å². The summed E-state index contributed by atoms with van der Waals surface area (Å²) in [4.78, 5) is 3.48. The molecular weight excluding hydrogens is 388 g/mol. The summed E-state index contributed by atoms with van der Waals surface area (Å²) in [7, 11) is 0. The fraction of sp³-hybridized carbons (Fsp3) is 0.350. The van der Waals surface area contributed by atoms with Crippen LogP contribution in [-0.2, 0) is 6.54 Å². The summed E-state index contributed by atoms with van der Waals surface area (Å²) < 4.78 is 58.1. The molecule has 0 radical (unpaired) electrons. The Bertz CT molecular complexity index is 1030. The van der Waals surface area contributed by atoms with Crippen molar-refractivity contribution in [1.82, 2.24) is 20.2 Å². The first-order valence-electron chi connectivity index (χ1n) is 9.30. The third-order valence-corrected chi connectivity index (χ3v) is 5.17. The highest BCUT2D eigenvalue weighted by Gasteiger charge is 2.29. The van der Waals surface area contributed by atoms with Crippen LogP contribution in [0.2, 0.25) is 0 Å². The molecule has 4 rings (SSSR count). The number of pyridine rings is 1. The van der Waals surface area contributed by atoms with Crippen LogP contribution in [0.15, 0.2) is 36.7 Å². The number of hydrogen-bond acceptors (Lipinski definition) is 4. The number of aliphatic hydroxyl groups excluding tert-OH is 1. The first-order valence-corrected chi connectivity index (χ1v) is 9.30. The van der Waals surface area contributed by atoms with E-state index in [9.17, 15) is 22.7 Å². The summed E-state index contributed by atoms with van der Waals surface area (Å²) in [5, 5.41) is 16.3. The van der Waals surface area contributed by atoms with Crippen LogP contribution in [-0.4, -0.2) is 40.0 Å². The first-order chi connectivity index (χ1) is 13.9. The lowest BCUT2D eigenvalue weighted by atomic mass is 10.0. The number of benzene rings is 1. The number of hydrogen-bond donors (Lipinski definition) is 3. The minimum Gasteiger partial charge on any atom is -0.374 e. The van der Waals surface area contributed by atoms with Gasteiger partial charge in [0.1, 0.15) is 24.0 Å². The van der Waals surface area contributed by atoms with E-state index < -0.39 is 36.0 Å². The maximum atomic E-state index is 14.6. The number of aliphatic hydroxyl groups is 1. The average Bonchev–Trinajstić information content (AvgIpc) is 3.07. The molecule has 3 aromatic rings. The van der Waals surface area contributed by atoms with E-state index in [1.54, 1.807) is 6.07 Å². The van der Waals surface area contributed by atoms with Gasteiger partial charge in [-0.25, -0.2) is 18.2 Å². The zero-order chi connectivity index (χ0) is 20.5. The molecule has 1 fully saturated rings. The second-order valence-corrected chi connectivity index (χ2v) is 7.14. The van der Waals surface area contributed by atoms with Crippen LogP contribution in [0.25, 0.3) is 10.9 Å². The molecule has 1 aliphatic heterocycles. The number of alkyl halides is 1. The van der Waals surface area contributed by atoms with E-state index in [1.807, 2.05) is 0 Å². The van der Waals surface area contributed by atoms with Crippen molar-refractivity contribution < 1.29 is 22.7 Å². The fourth-order valence-electron chi connectivity index (χ4n) is 3.76. The third-order valence-electron chi connectivity index (χ3n) is 5.17. The average molecular weight is 408 g/mol. The Morgan fingerprint density at radius 1 is 1.24 bits per heavy atom. The Balaban J connectivity index is 1.73. The Labute approximate surface area is 164 Å². The molecule has 9 heteroatoms. The monoisotopic (exact) mass is 408 g/mol. The molecule has 1 aromatic carbocycles. The minimum atomic E-state index is -1.40. The van der Waals surface area contributed by atoms with Crippen LogP contribution in [0.5, 0.6) is 0 Å². The lowest BCUT2D eigenvalue weighted by molar-refractivity contribution is 0.0880. The molecule has 0 bridgehead atoms. The van der Waals surface area contributed by atoms with Gasteiger partial charge in [0.15, 0.2) is 0 Å². The maximum Gasteiger partial charge on any atom is 0.213 e. The number of piperidine rings is 1. The summed E-state index contributed by atoms with van der Waals surface area (Å²) in [5.74, 6) is -2.08. The molecule has 3 unspecified atom stereocenters. The van der Waals surface area contributed by atoms with Gasteiger partial charge >= 0.3 is 0 Å².